The fraction of sp³-hybridized carbons (Fsp3) is 0.632. The fourth-order valence-corrected chi connectivity index (χ4v) is 4.17. The quantitative estimate of drug-likeness (QED) is 0.843. The number of hydrogen-bond acceptors (Lipinski definition) is 5. The SMILES string of the molecule is Nc1c(N2CCCCC2)ccc2c(CCC3CCNCC3)noc12. The van der Waals surface area contributed by atoms with Crippen LogP contribution in [0.15, 0.2) is 16.7 Å². The summed E-state index contributed by atoms with van der Waals surface area (Å²) in [6.07, 6.45) is 8.54. The zero-order valence-corrected chi connectivity index (χ0v) is 14.4. The molecule has 24 heavy (non-hydrogen) atoms. The smallest absolute Gasteiger partial charge is 0.192 e. The molecule has 0 amide bonds. The number of nitrogens with two attached hydrogens (primary N) is 1. The second-order valence-electron chi connectivity index (χ2n) is 7.28. The maximum atomic E-state index is 6.42. The molecular weight excluding hydrogens is 300 g/mol. The predicted molar refractivity (Wildman–Crippen MR) is 98.4 cm³/mol. The van der Waals surface area contributed by atoms with Crippen LogP contribution in [-0.2, 0) is 6.42 Å². The number of hydrogen-bond donors (Lipinski definition) is 2. The van der Waals surface area contributed by atoms with Crippen molar-refractivity contribution in [2.75, 3.05) is 36.8 Å². The highest BCUT2D eigenvalue weighted by Gasteiger charge is 2.20. The molecule has 0 bridgehead atoms. The van der Waals surface area contributed by atoms with Crippen molar-refractivity contribution in [2.45, 2.75) is 44.9 Å². The van der Waals surface area contributed by atoms with Gasteiger partial charge in [0.15, 0.2) is 5.58 Å². The summed E-state index contributed by atoms with van der Waals surface area (Å²) in [7, 11) is 0. The van der Waals surface area contributed by atoms with E-state index in [1.54, 1.807) is 0 Å². The molecule has 3 heterocycles. The van der Waals surface area contributed by atoms with Gasteiger partial charge in [0.1, 0.15) is 5.69 Å². The molecule has 2 saturated heterocycles. The van der Waals surface area contributed by atoms with Gasteiger partial charge in [0.05, 0.1) is 11.4 Å². The van der Waals surface area contributed by atoms with Crippen molar-refractivity contribution in [3.8, 4) is 0 Å². The Morgan fingerprint density at radius 2 is 1.96 bits per heavy atom. The molecule has 3 N–H and O–H groups in total. The summed E-state index contributed by atoms with van der Waals surface area (Å²) >= 11 is 0. The Kier molecular flexibility index (Phi) is 4.60. The summed E-state index contributed by atoms with van der Waals surface area (Å²) in [5, 5.41) is 8.86. The monoisotopic (exact) mass is 328 g/mol. The number of aromatic nitrogens is 1. The van der Waals surface area contributed by atoms with Crippen LogP contribution in [0.25, 0.3) is 11.0 Å². The normalized spacial score (nSPS) is 19.9. The van der Waals surface area contributed by atoms with Gasteiger partial charge in [0, 0.05) is 18.5 Å². The highest BCUT2D eigenvalue weighted by Crippen LogP contribution is 2.35. The summed E-state index contributed by atoms with van der Waals surface area (Å²) in [5.41, 5.74) is 10.1. The van der Waals surface area contributed by atoms with E-state index in [4.69, 9.17) is 10.3 Å². The van der Waals surface area contributed by atoms with Gasteiger partial charge in [-0.25, -0.2) is 0 Å². The van der Waals surface area contributed by atoms with Gasteiger partial charge in [0.25, 0.3) is 0 Å². The van der Waals surface area contributed by atoms with Crippen molar-refractivity contribution in [2.24, 2.45) is 5.92 Å². The van der Waals surface area contributed by atoms with Crippen molar-refractivity contribution in [3.63, 3.8) is 0 Å². The zero-order valence-electron chi connectivity index (χ0n) is 14.4. The molecule has 0 unspecified atom stereocenters. The topological polar surface area (TPSA) is 67.3 Å². The van der Waals surface area contributed by atoms with E-state index in [0.717, 1.165) is 66.6 Å². The van der Waals surface area contributed by atoms with Gasteiger partial charge >= 0.3 is 0 Å². The van der Waals surface area contributed by atoms with Crippen LogP contribution in [0, 0.1) is 5.92 Å². The van der Waals surface area contributed by atoms with Crippen LogP contribution in [0.3, 0.4) is 0 Å². The summed E-state index contributed by atoms with van der Waals surface area (Å²) in [5.74, 6) is 0.808. The average molecular weight is 328 g/mol. The molecule has 130 valence electrons. The number of anilines is 2. The maximum absolute atomic E-state index is 6.42. The van der Waals surface area contributed by atoms with Crippen LogP contribution in [0.2, 0.25) is 0 Å². The molecule has 4 rings (SSSR count). The van der Waals surface area contributed by atoms with Crippen molar-refractivity contribution in [3.05, 3.63) is 17.8 Å². The van der Waals surface area contributed by atoms with Crippen molar-refractivity contribution >= 4 is 22.3 Å². The first kappa shape index (κ1) is 15.8. The number of rotatable bonds is 4. The Balaban J connectivity index is 1.52. The van der Waals surface area contributed by atoms with Gasteiger partial charge < -0.3 is 20.5 Å². The van der Waals surface area contributed by atoms with Crippen LogP contribution in [0.1, 0.15) is 44.2 Å². The van der Waals surface area contributed by atoms with E-state index >= 15 is 0 Å². The minimum absolute atomic E-state index is 0.759. The first-order valence-electron chi connectivity index (χ1n) is 9.45. The first-order valence-corrected chi connectivity index (χ1v) is 9.45. The Bertz CT molecular complexity index is 684. The summed E-state index contributed by atoms with van der Waals surface area (Å²) < 4.78 is 5.64. The molecular formula is C19H28N4O. The third kappa shape index (κ3) is 3.09. The summed E-state index contributed by atoms with van der Waals surface area (Å²) in [6.45, 7) is 4.48. The number of nitrogen functional groups attached to an aromatic ring is 1. The van der Waals surface area contributed by atoms with Gasteiger partial charge in [-0.1, -0.05) is 5.16 Å². The number of nitrogens with zero attached hydrogens (tertiary/aromatic N) is 2. The second-order valence-corrected chi connectivity index (χ2v) is 7.28. The Morgan fingerprint density at radius 1 is 1.17 bits per heavy atom. The largest absolute Gasteiger partial charge is 0.394 e. The van der Waals surface area contributed by atoms with Crippen LogP contribution < -0.4 is 16.0 Å². The minimum atomic E-state index is 0.759. The number of fused-ring (bicyclic) bond motifs is 1. The number of aryl methyl sites for hydroxylation is 1. The zero-order chi connectivity index (χ0) is 16.4. The molecule has 1 aromatic heterocycles. The summed E-state index contributed by atoms with van der Waals surface area (Å²) in [4.78, 5) is 2.38. The molecule has 1 aromatic carbocycles. The van der Waals surface area contributed by atoms with E-state index in [9.17, 15) is 0 Å². The molecule has 5 nitrogen and oxygen atoms in total. The number of nitrogens with one attached hydrogen (secondary N) is 1. The fourth-order valence-electron chi connectivity index (χ4n) is 4.17. The third-order valence-corrected chi connectivity index (χ3v) is 5.68. The van der Waals surface area contributed by atoms with Gasteiger partial charge in [-0.15, -0.1) is 0 Å². The molecule has 2 fully saturated rings. The Morgan fingerprint density at radius 3 is 2.75 bits per heavy atom. The average Bonchev–Trinajstić information content (AvgIpc) is 3.06. The minimum Gasteiger partial charge on any atom is -0.394 e. The van der Waals surface area contributed by atoms with E-state index in [2.05, 4.69) is 27.5 Å². The molecule has 0 aliphatic carbocycles. The van der Waals surface area contributed by atoms with Crippen molar-refractivity contribution in [1.82, 2.24) is 10.5 Å². The van der Waals surface area contributed by atoms with E-state index in [-0.39, 0.29) is 0 Å². The van der Waals surface area contributed by atoms with Crippen molar-refractivity contribution < 1.29 is 4.52 Å². The van der Waals surface area contributed by atoms with E-state index in [1.807, 2.05) is 0 Å². The lowest BCUT2D eigenvalue weighted by molar-refractivity contribution is 0.350. The molecule has 2 aliphatic heterocycles. The predicted octanol–water partition coefficient (Wildman–Crippen LogP) is 3.33. The lowest BCUT2D eigenvalue weighted by Gasteiger charge is -2.29. The molecule has 2 aliphatic rings. The van der Waals surface area contributed by atoms with Crippen LogP contribution >= 0.6 is 0 Å². The third-order valence-electron chi connectivity index (χ3n) is 5.68. The standard InChI is InChI=1S/C19H28N4O/c20-18-17(23-12-2-1-3-13-23)7-5-15-16(22-24-19(15)18)6-4-14-8-10-21-11-9-14/h5,7,14,21H,1-4,6,8-13,20H2. The lowest BCUT2D eigenvalue weighted by atomic mass is 9.92. The maximum Gasteiger partial charge on any atom is 0.192 e. The highest BCUT2D eigenvalue weighted by atomic mass is 16.5. The molecule has 5 heteroatoms. The Hall–Kier alpha value is -1.75. The van der Waals surface area contributed by atoms with Crippen molar-refractivity contribution in [1.29, 1.82) is 0 Å². The lowest BCUT2D eigenvalue weighted by Crippen LogP contribution is -2.30. The molecule has 0 atom stereocenters. The van der Waals surface area contributed by atoms with E-state index in [1.165, 1.54) is 38.5 Å². The van der Waals surface area contributed by atoms with Crippen LogP contribution in [-0.4, -0.2) is 31.3 Å². The summed E-state index contributed by atoms with van der Waals surface area (Å²) in [6, 6.07) is 4.32. The van der Waals surface area contributed by atoms with Gasteiger partial charge in [-0.3, -0.25) is 0 Å². The van der Waals surface area contributed by atoms with E-state index < -0.39 is 0 Å². The van der Waals surface area contributed by atoms with E-state index in [0.29, 0.717) is 0 Å². The number of benzene rings is 1. The van der Waals surface area contributed by atoms with Gasteiger partial charge in [-0.05, 0) is 76.1 Å². The van der Waals surface area contributed by atoms with Gasteiger partial charge in [-0.2, -0.15) is 0 Å². The molecule has 2 aromatic rings. The second kappa shape index (κ2) is 7.01. The van der Waals surface area contributed by atoms with Crippen LogP contribution in [0.5, 0.6) is 0 Å². The van der Waals surface area contributed by atoms with Gasteiger partial charge in [0.2, 0.25) is 0 Å². The van der Waals surface area contributed by atoms with Crippen LogP contribution in [0.4, 0.5) is 11.4 Å². The molecule has 0 radical (unpaired) electrons. The first-order chi connectivity index (χ1) is 11.8. The highest BCUT2D eigenvalue weighted by molar-refractivity contribution is 5.96. The molecule has 0 spiro atoms. The molecule has 0 saturated carbocycles. The number of piperidine rings is 2. The Labute approximate surface area is 143 Å².